The van der Waals surface area contributed by atoms with Gasteiger partial charge in [-0.2, -0.15) is 0 Å². The molecule has 3 nitrogen and oxygen atoms in total. The highest BCUT2D eigenvalue weighted by atomic mass is 32.2. The molecule has 0 bridgehead atoms. The Balaban J connectivity index is 1.79. The Bertz CT molecular complexity index is 959. The number of hydrogen-bond acceptors (Lipinski definition) is 3. The largest absolute Gasteiger partial charge is 0.361 e. The highest BCUT2D eigenvalue weighted by molar-refractivity contribution is 7.98. The van der Waals surface area contributed by atoms with Crippen LogP contribution in [0.2, 0.25) is 0 Å². The van der Waals surface area contributed by atoms with Crippen LogP contribution in [0.25, 0.3) is 21.8 Å². The Morgan fingerprint density at radius 3 is 2.91 bits per heavy atom. The van der Waals surface area contributed by atoms with Crippen molar-refractivity contribution in [3.63, 3.8) is 0 Å². The number of aromatic amines is 1. The van der Waals surface area contributed by atoms with E-state index in [0.29, 0.717) is 0 Å². The number of H-pyrrole nitrogens is 1. The summed E-state index contributed by atoms with van der Waals surface area (Å²) in [5.74, 6) is 0. The number of nitrogens with one attached hydrogen (secondary N) is 2. The average Bonchev–Trinajstić information content (AvgIpc) is 3.02. The standard InChI is InChI=1S/C18H15N3S/c1-22-14-4-5-16-15(11-14)17(7-9-19-16)21-13-3-2-12-6-8-20-18(12)10-13/h2-11,20H,1H3,(H,19,21). The van der Waals surface area contributed by atoms with E-state index in [9.17, 15) is 0 Å². The quantitative estimate of drug-likeness (QED) is 0.512. The van der Waals surface area contributed by atoms with Crippen LogP contribution in [-0.4, -0.2) is 16.2 Å². The molecular formula is C18H15N3S. The van der Waals surface area contributed by atoms with Crippen molar-refractivity contribution in [1.29, 1.82) is 0 Å². The Morgan fingerprint density at radius 2 is 2.00 bits per heavy atom. The van der Waals surface area contributed by atoms with Crippen molar-refractivity contribution in [2.45, 2.75) is 4.90 Å². The van der Waals surface area contributed by atoms with Gasteiger partial charge < -0.3 is 10.3 Å². The van der Waals surface area contributed by atoms with Crippen LogP contribution in [0.4, 0.5) is 11.4 Å². The Labute approximate surface area is 132 Å². The zero-order valence-electron chi connectivity index (χ0n) is 12.1. The molecule has 2 heterocycles. The molecule has 0 spiro atoms. The van der Waals surface area contributed by atoms with Gasteiger partial charge in [0.25, 0.3) is 0 Å². The highest BCUT2D eigenvalue weighted by Crippen LogP contribution is 2.29. The lowest BCUT2D eigenvalue weighted by atomic mass is 10.1. The average molecular weight is 305 g/mol. The summed E-state index contributed by atoms with van der Waals surface area (Å²) in [5.41, 5.74) is 4.28. The van der Waals surface area contributed by atoms with Crippen molar-refractivity contribution >= 4 is 44.9 Å². The van der Waals surface area contributed by atoms with Crippen LogP contribution in [-0.2, 0) is 0 Å². The summed E-state index contributed by atoms with van der Waals surface area (Å²) in [6.45, 7) is 0. The zero-order valence-corrected chi connectivity index (χ0v) is 12.9. The fraction of sp³-hybridized carbons (Fsp3) is 0.0556. The van der Waals surface area contributed by atoms with Gasteiger partial charge in [0, 0.05) is 39.6 Å². The molecule has 2 aromatic carbocycles. The van der Waals surface area contributed by atoms with Crippen LogP contribution in [0.5, 0.6) is 0 Å². The SMILES string of the molecule is CSc1ccc2nccc(Nc3ccc4cc[nH]c4c3)c2c1. The van der Waals surface area contributed by atoms with E-state index in [1.54, 1.807) is 11.8 Å². The van der Waals surface area contributed by atoms with Crippen molar-refractivity contribution in [2.75, 3.05) is 11.6 Å². The van der Waals surface area contributed by atoms with E-state index in [0.717, 1.165) is 27.8 Å². The third-order valence-corrected chi connectivity index (χ3v) is 4.51. The predicted octanol–water partition coefficient (Wildman–Crippen LogP) is 5.18. The van der Waals surface area contributed by atoms with Gasteiger partial charge in [0.1, 0.15) is 0 Å². The maximum absolute atomic E-state index is 4.45. The van der Waals surface area contributed by atoms with Gasteiger partial charge in [-0.15, -0.1) is 11.8 Å². The first-order valence-electron chi connectivity index (χ1n) is 7.10. The van der Waals surface area contributed by atoms with Crippen LogP contribution >= 0.6 is 11.8 Å². The molecule has 0 atom stereocenters. The first-order valence-corrected chi connectivity index (χ1v) is 8.33. The van der Waals surface area contributed by atoms with Gasteiger partial charge in [0.15, 0.2) is 0 Å². The molecule has 0 saturated carbocycles. The second-order valence-electron chi connectivity index (χ2n) is 5.15. The Hall–Kier alpha value is -2.46. The first-order chi connectivity index (χ1) is 10.8. The van der Waals surface area contributed by atoms with Crippen LogP contribution in [0.15, 0.2) is 65.8 Å². The number of hydrogen-bond donors (Lipinski definition) is 2. The number of aromatic nitrogens is 2. The number of benzene rings is 2. The first kappa shape index (κ1) is 13.2. The van der Waals surface area contributed by atoms with E-state index in [1.165, 1.54) is 10.3 Å². The lowest BCUT2D eigenvalue weighted by Gasteiger charge is -2.10. The van der Waals surface area contributed by atoms with Crippen molar-refractivity contribution in [3.05, 3.63) is 60.9 Å². The number of nitrogens with zero attached hydrogens (tertiary/aromatic N) is 1. The summed E-state index contributed by atoms with van der Waals surface area (Å²) < 4.78 is 0. The molecule has 22 heavy (non-hydrogen) atoms. The van der Waals surface area contributed by atoms with Crippen molar-refractivity contribution in [1.82, 2.24) is 9.97 Å². The topological polar surface area (TPSA) is 40.7 Å². The third-order valence-electron chi connectivity index (χ3n) is 3.78. The molecule has 2 aromatic heterocycles. The van der Waals surface area contributed by atoms with E-state index in [2.05, 4.69) is 64.0 Å². The molecule has 0 aliphatic heterocycles. The minimum atomic E-state index is 1.00. The van der Waals surface area contributed by atoms with Gasteiger partial charge in [-0.25, -0.2) is 0 Å². The van der Waals surface area contributed by atoms with Gasteiger partial charge in [0.05, 0.1) is 5.52 Å². The lowest BCUT2D eigenvalue weighted by molar-refractivity contribution is 1.38. The molecule has 2 N–H and O–H groups in total. The molecule has 0 aliphatic rings. The van der Waals surface area contributed by atoms with Gasteiger partial charge in [-0.1, -0.05) is 6.07 Å². The second-order valence-corrected chi connectivity index (χ2v) is 6.03. The summed E-state index contributed by atoms with van der Waals surface area (Å²) in [7, 11) is 0. The Morgan fingerprint density at radius 1 is 1.05 bits per heavy atom. The predicted molar refractivity (Wildman–Crippen MR) is 95.1 cm³/mol. The molecule has 0 amide bonds. The number of pyridine rings is 1. The van der Waals surface area contributed by atoms with Gasteiger partial charge in [-0.05, 0) is 54.1 Å². The molecule has 0 aliphatic carbocycles. The molecule has 0 saturated heterocycles. The maximum Gasteiger partial charge on any atom is 0.0723 e. The lowest BCUT2D eigenvalue weighted by Crippen LogP contribution is -1.92. The highest BCUT2D eigenvalue weighted by Gasteiger charge is 2.04. The summed E-state index contributed by atoms with van der Waals surface area (Å²) in [6.07, 6.45) is 5.89. The summed E-state index contributed by atoms with van der Waals surface area (Å²) in [4.78, 5) is 8.93. The van der Waals surface area contributed by atoms with Gasteiger partial charge >= 0.3 is 0 Å². The minimum Gasteiger partial charge on any atom is -0.361 e. The number of rotatable bonds is 3. The number of thioether (sulfide) groups is 1. The van der Waals surface area contributed by atoms with Gasteiger partial charge in [0.2, 0.25) is 0 Å². The smallest absolute Gasteiger partial charge is 0.0723 e. The fourth-order valence-corrected chi connectivity index (χ4v) is 3.08. The molecule has 0 fully saturated rings. The Kier molecular flexibility index (Phi) is 3.24. The van der Waals surface area contributed by atoms with Crippen LogP contribution in [0.3, 0.4) is 0 Å². The zero-order chi connectivity index (χ0) is 14.9. The van der Waals surface area contributed by atoms with Crippen molar-refractivity contribution in [2.24, 2.45) is 0 Å². The normalized spacial score (nSPS) is 11.1. The van der Waals surface area contributed by atoms with E-state index in [-0.39, 0.29) is 0 Å². The third kappa shape index (κ3) is 2.31. The van der Waals surface area contributed by atoms with Gasteiger partial charge in [-0.3, -0.25) is 4.98 Å². The van der Waals surface area contributed by atoms with Crippen molar-refractivity contribution in [3.8, 4) is 0 Å². The summed E-state index contributed by atoms with van der Waals surface area (Å²) in [6, 6.07) is 16.8. The van der Waals surface area contributed by atoms with E-state index >= 15 is 0 Å². The van der Waals surface area contributed by atoms with Crippen LogP contribution in [0.1, 0.15) is 0 Å². The summed E-state index contributed by atoms with van der Waals surface area (Å²) in [5, 5.41) is 5.87. The van der Waals surface area contributed by atoms with E-state index in [1.807, 2.05) is 18.5 Å². The fourth-order valence-electron chi connectivity index (χ4n) is 2.64. The minimum absolute atomic E-state index is 1.00. The molecule has 0 radical (unpaired) electrons. The van der Waals surface area contributed by atoms with Crippen molar-refractivity contribution < 1.29 is 0 Å². The summed E-state index contributed by atoms with van der Waals surface area (Å²) >= 11 is 1.74. The molecule has 4 rings (SSSR count). The van der Waals surface area contributed by atoms with E-state index in [4.69, 9.17) is 0 Å². The maximum atomic E-state index is 4.45. The molecular weight excluding hydrogens is 290 g/mol. The van der Waals surface area contributed by atoms with Crippen LogP contribution < -0.4 is 5.32 Å². The molecule has 4 aromatic rings. The molecule has 108 valence electrons. The number of fused-ring (bicyclic) bond motifs is 2. The number of anilines is 2. The van der Waals surface area contributed by atoms with Crippen LogP contribution in [0, 0.1) is 0 Å². The molecule has 4 heteroatoms. The second kappa shape index (κ2) is 5.39. The van der Waals surface area contributed by atoms with E-state index < -0.39 is 0 Å². The monoisotopic (exact) mass is 305 g/mol. The molecule has 0 unspecified atom stereocenters.